The van der Waals surface area contributed by atoms with Gasteiger partial charge in [0.25, 0.3) is 6.43 Å². The molecule has 0 spiro atoms. The first-order valence-electron chi connectivity index (χ1n) is 8.81. The van der Waals surface area contributed by atoms with Crippen LogP contribution in [0.25, 0.3) is 28.4 Å². The molecule has 9 heteroatoms. The molecule has 29 heavy (non-hydrogen) atoms. The summed E-state index contributed by atoms with van der Waals surface area (Å²) in [4.78, 5) is 28.3. The van der Waals surface area contributed by atoms with Crippen molar-refractivity contribution >= 4 is 11.4 Å². The molecule has 0 radical (unpaired) electrons. The van der Waals surface area contributed by atoms with E-state index >= 15 is 0 Å². The molecule has 146 valence electrons. The van der Waals surface area contributed by atoms with Crippen LogP contribution in [0.5, 0.6) is 0 Å². The number of benzene rings is 1. The van der Waals surface area contributed by atoms with Gasteiger partial charge < -0.3 is 5.73 Å². The lowest BCUT2D eigenvalue weighted by molar-refractivity contribution is -0.117. The van der Waals surface area contributed by atoms with Crippen LogP contribution in [0, 0.1) is 0 Å². The van der Waals surface area contributed by atoms with Gasteiger partial charge in [0.1, 0.15) is 11.4 Å². The number of carbonyl (C=O) groups is 1. The van der Waals surface area contributed by atoms with Gasteiger partial charge in [-0.2, -0.15) is 0 Å². The number of alkyl halides is 2. The van der Waals surface area contributed by atoms with E-state index in [4.69, 9.17) is 5.73 Å². The standard InChI is InChI=1S/C20H16F2N6O/c21-19(22)16-11-28-17(9-26-18(28)10-25-16)20-24-5-4-15(27-20)13-3-1-2-12(6-13)7-14(29)8-23/h1-6,9-11,19H,7-8,23H2. The van der Waals surface area contributed by atoms with Crippen molar-refractivity contribution in [3.8, 4) is 22.8 Å². The highest BCUT2D eigenvalue weighted by molar-refractivity contribution is 5.83. The average Bonchev–Trinajstić information content (AvgIpc) is 3.17. The molecule has 0 saturated heterocycles. The largest absolute Gasteiger partial charge is 0.324 e. The van der Waals surface area contributed by atoms with Gasteiger partial charge in [0, 0.05) is 24.4 Å². The van der Waals surface area contributed by atoms with Crippen LogP contribution < -0.4 is 5.73 Å². The van der Waals surface area contributed by atoms with Crippen LogP contribution in [0.4, 0.5) is 8.78 Å². The second-order valence-electron chi connectivity index (χ2n) is 6.37. The number of Topliss-reactive ketones (excluding diaryl/α,β-unsaturated/α-hetero) is 1. The Kier molecular flexibility index (Phi) is 5.05. The first-order chi connectivity index (χ1) is 14.0. The molecule has 0 saturated carbocycles. The number of hydrogen-bond acceptors (Lipinski definition) is 6. The Labute approximate surface area is 164 Å². The Bertz CT molecular complexity index is 1190. The molecule has 1 aromatic carbocycles. The van der Waals surface area contributed by atoms with Crippen molar-refractivity contribution in [3.63, 3.8) is 0 Å². The Hall–Kier alpha value is -3.59. The summed E-state index contributed by atoms with van der Waals surface area (Å²) in [6, 6.07) is 9.17. The van der Waals surface area contributed by atoms with Crippen molar-refractivity contribution < 1.29 is 13.6 Å². The summed E-state index contributed by atoms with van der Waals surface area (Å²) in [6.45, 7) is -0.00830. The Morgan fingerprint density at radius 1 is 1.14 bits per heavy atom. The minimum absolute atomic E-state index is 0.00830. The molecular formula is C20H16F2N6O. The van der Waals surface area contributed by atoms with E-state index in [-0.39, 0.29) is 24.4 Å². The maximum Gasteiger partial charge on any atom is 0.281 e. The van der Waals surface area contributed by atoms with E-state index in [2.05, 4.69) is 19.9 Å². The summed E-state index contributed by atoms with van der Waals surface area (Å²) in [7, 11) is 0. The van der Waals surface area contributed by atoms with Crippen LogP contribution in [-0.2, 0) is 11.2 Å². The summed E-state index contributed by atoms with van der Waals surface area (Å²) in [5.74, 6) is 0.282. The maximum absolute atomic E-state index is 13.0. The minimum atomic E-state index is -2.69. The Balaban J connectivity index is 1.73. The SMILES string of the molecule is NCC(=O)Cc1cccc(-c2ccnc(-c3cnc4cnc(C(F)F)cn34)n2)c1. The smallest absolute Gasteiger partial charge is 0.281 e. The van der Waals surface area contributed by atoms with Gasteiger partial charge in [-0.1, -0.05) is 18.2 Å². The van der Waals surface area contributed by atoms with Crippen LogP contribution in [0.15, 0.2) is 55.1 Å². The third-order valence-electron chi connectivity index (χ3n) is 4.38. The maximum atomic E-state index is 13.0. The molecule has 0 aliphatic heterocycles. The molecule has 0 atom stereocenters. The zero-order valence-electron chi connectivity index (χ0n) is 15.2. The van der Waals surface area contributed by atoms with Gasteiger partial charge >= 0.3 is 0 Å². The Morgan fingerprint density at radius 3 is 2.79 bits per heavy atom. The number of hydrogen-bond donors (Lipinski definition) is 1. The number of nitrogens with two attached hydrogens (primary N) is 1. The lowest BCUT2D eigenvalue weighted by Gasteiger charge is -2.07. The van der Waals surface area contributed by atoms with E-state index < -0.39 is 6.43 Å². The predicted molar refractivity (Wildman–Crippen MR) is 102 cm³/mol. The van der Waals surface area contributed by atoms with Crippen LogP contribution in [0.2, 0.25) is 0 Å². The third kappa shape index (κ3) is 3.85. The van der Waals surface area contributed by atoms with Crippen molar-refractivity contribution in [2.45, 2.75) is 12.8 Å². The molecule has 0 bridgehead atoms. The molecule has 4 rings (SSSR count). The van der Waals surface area contributed by atoms with Crippen molar-refractivity contribution in [2.24, 2.45) is 5.73 Å². The summed E-state index contributed by atoms with van der Waals surface area (Å²) in [5, 5.41) is 0. The Morgan fingerprint density at radius 2 is 2.00 bits per heavy atom. The summed E-state index contributed by atoms with van der Waals surface area (Å²) in [5.41, 5.74) is 8.20. The fourth-order valence-electron chi connectivity index (χ4n) is 2.97. The number of ketones is 1. The van der Waals surface area contributed by atoms with Gasteiger partial charge in [0.15, 0.2) is 17.3 Å². The van der Waals surface area contributed by atoms with E-state index in [0.717, 1.165) is 11.1 Å². The molecule has 0 amide bonds. The van der Waals surface area contributed by atoms with Gasteiger partial charge in [0.05, 0.1) is 24.6 Å². The van der Waals surface area contributed by atoms with Crippen molar-refractivity contribution in [3.05, 3.63) is 66.4 Å². The number of rotatable bonds is 6. The second-order valence-corrected chi connectivity index (χ2v) is 6.37. The molecule has 0 aliphatic rings. The number of carbonyl (C=O) groups excluding carboxylic acids is 1. The number of nitrogens with zero attached hydrogens (tertiary/aromatic N) is 5. The van der Waals surface area contributed by atoms with Gasteiger partial charge in [-0.25, -0.2) is 28.7 Å². The van der Waals surface area contributed by atoms with Gasteiger partial charge in [0.2, 0.25) is 0 Å². The summed E-state index contributed by atoms with van der Waals surface area (Å²) >= 11 is 0. The normalized spacial score (nSPS) is 11.3. The zero-order valence-corrected chi connectivity index (χ0v) is 15.2. The van der Waals surface area contributed by atoms with E-state index in [9.17, 15) is 13.6 Å². The highest BCUT2D eigenvalue weighted by Gasteiger charge is 2.15. The molecule has 2 N–H and O–H groups in total. The quantitative estimate of drug-likeness (QED) is 0.540. The predicted octanol–water partition coefficient (Wildman–Crippen LogP) is 2.86. The highest BCUT2D eigenvalue weighted by Crippen LogP contribution is 2.24. The van der Waals surface area contributed by atoms with Gasteiger partial charge in [-0.15, -0.1) is 0 Å². The van der Waals surface area contributed by atoms with Gasteiger partial charge in [-0.3, -0.25) is 9.20 Å². The molecule has 3 heterocycles. The molecule has 3 aromatic heterocycles. The van der Waals surface area contributed by atoms with Crippen molar-refractivity contribution in [1.29, 1.82) is 0 Å². The number of imidazole rings is 1. The van der Waals surface area contributed by atoms with Crippen LogP contribution >= 0.6 is 0 Å². The monoisotopic (exact) mass is 394 g/mol. The lowest BCUT2D eigenvalue weighted by Crippen LogP contribution is -2.15. The van der Waals surface area contributed by atoms with E-state index in [1.54, 1.807) is 12.3 Å². The molecule has 0 fully saturated rings. The molecule has 0 unspecified atom stereocenters. The van der Waals surface area contributed by atoms with Crippen molar-refractivity contribution in [2.75, 3.05) is 6.54 Å². The number of fused-ring (bicyclic) bond motifs is 1. The topological polar surface area (TPSA) is 99.1 Å². The molecule has 7 nitrogen and oxygen atoms in total. The van der Waals surface area contributed by atoms with Crippen LogP contribution in [0.1, 0.15) is 17.7 Å². The molecular weight excluding hydrogens is 378 g/mol. The van der Waals surface area contributed by atoms with Gasteiger partial charge in [-0.05, 0) is 17.7 Å². The minimum Gasteiger partial charge on any atom is -0.324 e. The van der Waals surface area contributed by atoms with E-state index in [0.29, 0.717) is 22.9 Å². The molecule has 0 aliphatic carbocycles. The second kappa shape index (κ2) is 7.80. The van der Waals surface area contributed by atoms with Crippen molar-refractivity contribution in [1.82, 2.24) is 24.3 Å². The fraction of sp³-hybridized carbons (Fsp3) is 0.150. The van der Waals surface area contributed by atoms with Crippen LogP contribution in [0.3, 0.4) is 0 Å². The summed E-state index contributed by atoms with van der Waals surface area (Å²) < 4.78 is 27.5. The lowest BCUT2D eigenvalue weighted by atomic mass is 10.0. The first-order valence-corrected chi connectivity index (χ1v) is 8.81. The zero-order chi connectivity index (χ0) is 20.4. The highest BCUT2D eigenvalue weighted by atomic mass is 19.3. The fourth-order valence-corrected chi connectivity index (χ4v) is 2.97. The first kappa shape index (κ1) is 18.8. The number of aromatic nitrogens is 5. The average molecular weight is 394 g/mol. The van der Waals surface area contributed by atoms with Crippen LogP contribution in [-0.4, -0.2) is 36.7 Å². The summed E-state index contributed by atoms with van der Waals surface area (Å²) in [6.07, 6.45) is 3.18. The third-order valence-corrected chi connectivity index (χ3v) is 4.38. The van der Waals surface area contributed by atoms with E-state index in [1.165, 1.54) is 23.0 Å². The molecule has 4 aromatic rings. The number of halogens is 2. The van der Waals surface area contributed by atoms with E-state index in [1.807, 2.05) is 24.3 Å².